The molecule has 2 aliphatic rings. The first-order chi connectivity index (χ1) is 17.5. The second-order valence-corrected chi connectivity index (χ2v) is 12.7. The molecule has 3 amide bonds. The highest BCUT2D eigenvalue weighted by atomic mass is 35.5. The maximum absolute atomic E-state index is 13.7. The van der Waals surface area contributed by atoms with Crippen molar-refractivity contribution in [3.8, 4) is 6.07 Å². The molecule has 0 spiro atoms. The summed E-state index contributed by atoms with van der Waals surface area (Å²) >= 11 is 7.66. The molecular weight excluding hydrogens is 543 g/mol. The molecule has 0 bridgehead atoms. The zero-order chi connectivity index (χ0) is 28.4. The van der Waals surface area contributed by atoms with Gasteiger partial charge in [0, 0.05) is 35.3 Å². The summed E-state index contributed by atoms with van der Waals surface area (Å²) in [6.07, 6.45) is -2.13. The molecule has 2 aromatic rings. The van der Waals surface area contributed by atoms with Gasteiger partial charge in [-0.1, -0.05) is 46.2 Å². The Bertz CT molecular complexity index is 1350. The van der Waals surface area contributed by atoms with Crippen molar-refractivity contribution >= 4 is 50.7 Å². The van der Waals surface area contributed by atoms with E-state index in [4.69, 9.17) is 11.6 Å². The van der Waals surface area contributed by atoms with Crippen molar-refractivity contribution in [3.63, 3.8) is 0 Å². The number of likely N-dealkylation sites (tertiary alicyclic amines) is 1. The Morgan fingerprint density at radius 2 is 1.89 bits per heavy atom. The monoisotopic (exact) mass is 569 g/mol. The number of nitrogens with zero attached hydrogens (tertiary/aromatic N) is 3. The van der Waals surface area contributed by atoms with Gasteiger partial charge < -0.3 is 15.5 Å². The molecule has 1 saturated carbocycles. The molecule has 13 heteroatoms. The zero-order valence-electron chi connectivity index (χ0n) is 21.3. The summed E-state index contributed by atoms with van der Waals surface area (Å²) in [4.78, 5) is 44.4. The third kappa shape index (κ3) is 4.82. The summed E-state index contributed by atoms with van der Waals surface area (Å²) in [5, 5.41) is 17.1. The van der Waals surface area contributed by atoms with Gasteiger partial charge in [0.2, 0.25) is 11.8 Å². The number of amides is 3. The minimum Gasteiger partial charge on any atom is -0.336 e. The number of pyridine rings is 1. The fourth-order valence-electron chi connectivity index (χ4n) is 5.44. The number of alkyl halides is 3. The number of nitrogens with one attached hydrogen (secondary N) is 2. The predicted molar refractivity (Wildman–Crippen MR) is 135 cm³/mol. The van der Waals surface area contributed by atoms with E-state index in [-0.39, 0.29) is 23.8 Å². The third-order valence-corrected chi connectivity index (χ3v) is 8.95. The Kier molecular flexibility index (Phi) is 6.94. The fourth-order valence-corrected chi connectivity index (χ4v) is 6.66. The summed E-state index contributed by atoms with van der Waals surface area (Å²) in [6.45, 7) is 8.65. The van der Waals surface area contributed by atoms with Gasteiger partial charge >= 0.3 is 12.1 Å². The standard InChI is InChI=1S/C25H27ClF3N5O3S/c1-23(2,3)19(33-22(37)25(27,28)29)21(36)34-9-12-17(24(12,4)5)18(34)20(35)32-14(6-30)11-7-31-8-15-16(11)13(26)10-38-15/h7-8,10,12,14,17-19H,9H2,1-5H3,(H,32,35)(H,33,37)/t12-,14?,17-,18-,19+/m0/s1. The molecule has 0 radical (unpaired) electrons. The lowest BCUT2D eigenvalue weighted by atomic mass is 9.85. The average molecular weight is 570 g/mol. The van der Waals surface area contributed by atoms with Crippen molar-refractivity contribution < 1.29 is 27.6 Å². The molecule has 3 heterocycles. The van der Waals surface area contributed by atoms with Gasteiger partial charge in [-0.05, 0) is 22.7 Å². The Morgan fingerprint density at radius 1 is 1.24 bits per heavy atom. The van der Waals surface area contributed by atoms with Gasteiger partial charge in [-0.2, -0.15) is 18.4 Å². The molecule has 0 aromatic carbocycles. The Hall–Kier alpha value is -2.91. The van der Waals surface area contributed by atoms with Gasteiger partial charge in [-0.3, -0.25) is 19.4 Å². The smallest absolute Gasteiger partial charge is 0.336 e. The Morgan fingerprint density at radius 3 is 2.47 bits per heavy atom. The van der Waals surface area contributed by atoms with Crippen molar-refractivity contribution in [2.75, 3.05) is 6.54 Å². The number of fused-ring (bicyclic) bond motifs is 2. The van der Waals surface area contributed by atoms with Crippen molar-refractivity contribution in [2.24, 2.45) is 22.7 Å². The molecule has 4 rings (SSSR count). The van der Waals surface area contributed by atoms with Crippen molar-refractivity contribution in [3.05, 3.63) is 28.4 Å². The Labute approximate surface area is 226 Å². The summed E-state index contributed by atoms with van der Waals surface area (Å²) in [5.41, 5.74) is -0.962. The first-order valence-electron chi connectivity index (χ1n) is 11.9. The summed E-state index contributed by atoms with van der Waals surface area (Å²) in [6, 6.07) is -1.64. The number of carbonyl (C=O) groups is 3. The van der Waals surface area contributed by atoms with E-state index < -0.39 is 47.4 Å². The van der Waals surface area contributed by atoms with E-state index in [9.17, 15) is 32.8 Å². The Balaban J connectivity index is 1.64. The lowest BCUT2D eigenvalue weighted by Crippen LogP contribution is -2.60. The minimum absolute atomic E-state index is 0.0573. The SMILES string of the molecule is CC(C)(C)[C@H](NC(=O)C(F)(F)F)C(=O)N1C[C@H]2[C@@H]([C@H]1C(=O)NC(C#N)c1cncc3scc(Cl)c13)C2(C)C. The molecule has 1 aliphatic carbocycles. The molecule has 38 heavy (non-hydrogen) atoms. The van der Waals surface area contributed by atoms with Crippen LogP contribution in [0.4, 0.5) is 13.2 Å². The molecule has 2 fully saturated rings. The second kappa shape index (κ2) is 9.38. The number of rotatable bonds is 5. The molecular formula is C25H27ClF3N5O3S. The number of nitriles is 1. The summed E-state index contributed by atoms with van der Waals surface area (Å²) < 4.78 is 39.8. The minimum atomic E-state index is -5.17. The highest BCUT2D eigenvalue weighted by Gasteiger charge is 2.70. The maximum Gasteiger partial charge on any atom is 0.471 e. The fraction of sp³-hybridized carbons (Fsp3) is 0.560. The molecule has 2 aromatic heterocycles. The van der Waals surface area contributed by atoms with Crippen molar-refractivity contribution in [1.82, 2.24) is 20.5 Å². The van der Waals surface area contributed by atoms with E-state index in [1.165, 1.54) is 43.2 Å². The number of halogens is 4. The normalized spacial score (nSPS) is 23.8. The number of hydrogen-bond acceptors (Lipinski definition) is 6. The topological polar surface area (TPSA) is 115 Å². The van der Waals surface area contributed by atoms with E-state index in [0.717, 1.165) is 4.70 Å². The number of thiophene rings is 1. The molecule has 1 aliphatic heterocycles. The van der Waals surface area contributed by atoms with Crippen LogP contribution in [-0.2, 0) is 14.4 Å². The van der Waals surface area contributed by atoms with Crippen LogP contribution in [0.5, 0.6) is 0 Å². The van der Waals surface area contributed by atoms with Crippen LogP contribution in [0.3, 0.4) is 0 Å². The van der Waals surface area contributed by atoms with Crippen LogP contribution in [0.2, 0.25) is 5.02 Å². The van der Waals surface area contributed by atoms with Crippen LogP contribution in [0.1, 0.15) is 46.2 Å². The number of hydrogen-bond donors (Lipinski definition) is 2. The molecule has 8 nitrogen and oxygen atoms in total. The van der Waals surface area contributed by atoms with Crippen LogP contribution in [0.15, 0.2) is 17.8 Å². The van der Waals surface area contributed by atoms with E-state index in [1.807, 2.05) is 19.2 Å². The second-order valence-electron chi connectivity index (χ2n) is 11.4. The number of piperidine rings is 1. The predicted octanol–water partition coefficient (Wildman–Crippen LogP) is 4.21. The van der Waals surface area contributed by atoms with E-state index in [0.29, 0.717) is 16.0 Å². The van der Waals surface area contributed by atoms with E-state index in [2.05, 4.69) is 16.4 Å². The molecule has 1 saturated heterocycles. The lowest BCUT2D eigenvalue weighted by molar-refractivity contribution is -0.176. The van der Waals surface area contributed by atoms with Crippen molar-refractivity contribution in [2.45, 2.75) is 58.9 Å². The van der Waals surface area contributed by atoms with Gasteiger partial charge in [0.25, 0.3) is 0 Å². The van der Waals surface area contributed by atoms with Crippen LogP contribution in [-0.4, -0.2) is 52.4 Å². The molecule has 2 N–H and O–H groups in total. The van der Waals surface area contributed by atoms with E-state index >= 15 is 0 Å². The summed E-state index contributed by atoms with van der Waals surface area (Å²) in [7, 11) is 0. The van der Waals surface area contributed by atoms with Crippen LogP contribution in [0.25, 0.3) is 10.1 Å². The maximum atomic E-state index is 13.7. The molecule has 1 unspecified atom stereocenters. The third-order valence-electron chi connectivity index (χ3n) is 7.60. The first-order valence-corrected chi connectivity index (χ1v) is 13.1. The van der Waals surface area contributed by atoms with Crippen LogP contribution in [0, 0.1) is 34.0 Å². The molecule has 204 valence electrons. The summed E-state index contributed by atoms with van der Waals surface area (Å²) in [5.74, 6) is -3.94. The number of carbonyl (C=O) groups excluding carboxylic acids is 3. The van der Waals surface area contributed by atoms with Crippen LogP contribution >= 0.6 is 22.9 Å². The lowest BCUT2D eigenvalue weighted by Gasteiger charge is -2.37. The van der Waals surface area contributed by atoms with Crippen molar-refractivity contribution in [1.29, 1.82) is 5.26 Å². The van der Waals surface area contributed by atoms with Gasteiger partial charge in [-0.15, -0.1) is 11.3 Å². The molecule has 5 atom stereocenters. The first kappa shape index (κ1) is 28.1. The highest BCUT2D eigenvalue weighted by molar-refractivity contribution is 7.17. The highest BCUT2D eigenvalue weighted by Crippen LogP contribution is 2.65. The van der Waals surface area contributed by atoms with Gasteiger partial charge in [0.1, 0.15) is 18.1 Å². The van der Waals surface area contributed by atoms with E-state index in [1.54, 1.807) is 11.6 Å². The van der Waals surface area contributed by atoms with Gasteiger partial charge in [0.05, 0.1) is 15.8 Å². The van der Waals surface area contributed by atoms with Crippen LogP contribution < -0.4 is 10.6 Å². The quantitative estimate of drug-likeness (QED) is 0.560. The van der Waals surface area contributed by atoms with Gasteiger partial charge in [-0.25, -0.2) is 0 Å². The zero-order valence-corrected chi connectivity index (χ0v) is 22.9. The average Bonchev–Trinajstić information content (AvgIpc) is 3.16. The number of aromatic nitrogens is 1. The largest absolute Gasteiger partial charge is 0.471 e. The van der Waals surface area contributed by atoms with Gasteiger partial charge in [0.15, 0.2) is 0 Å².